The number of ether oxygens (including phenoxy) is 1. The van der Waals surface area contributed by atoms with Gasteiger partial charge in [-0.05, 0) is 42.3 Å². The third-order valence-corrected chi connectivity index (χ3v) is 4.03. The molecule has 0 spiro atoms. The molecule has 138 valence electrons. The number of carbonyl (C=O) groups excluding carboxylic acids is 1. The summed E-state index contributed by atoms with van der Waals surface area (Å²) in [4.78, 5) is 20.7. The number of pyridine rings is 2. The summed E-state index contributed by atoms with van der Waals surface area (Å²) in [6, 6.07) is 15.4. The van der Waals surface area contributed by atoms with Crippen molar-refractivity contribution in [3.8, 4) is 5.75 Å². The van der Waals surface area contributed by atoms with Crippen molar-refractivity contribution in [2.45, 2.75) is 13.0 Å². The van der Waals surface area contributed by atoms with Crippen LogP contribution < -0.4 is 15.4 Å². The standard InChI is InChI=1S/C21H22N4O2/c1-27-20-7-4-5-16(11-20)8-10-24-19-12-17(13-22-14-19)21(26)25-15-18-6-2-3-9-23-18/h2-7,9,11-14,24H,8,10,15H2,1H3,(H,25,26). The molecule has 0 unspecified atom stereocenters. The lowest BCUT2D eigenvalue weighted by Crippen LogP contribution is -2.23. The number of amides is 1. The normalized spacial score (nSPS) is 10.3. The monoisotopic (exact) mass is 362 g/mol. The van der Waals surface area contributed by atoms with E-state index in [4.69, 9.17) is 4.74 Å². The van der Waals surface area contributed by atoms with Crippen molar-refractivity contribution in [2.75, 3.05) is 19.0 Å². The second-order valence-electron chi connectivity index (χ2n) is 5.99. The molecule has 0 fully saturated rings. The van der Waals surface area contributed by atoms with Gasteiger partial charge >= 0.3 is 0 Å². The fourth-order valence-corrected chi connectivity index (χ4v) is 2.62. The third kappa shape index (κ3) is 5.54. The quantitative estimate of drug-likeness (QED) is 0.644. The molecule has 3 aromatic rings. The fourth-order valence-electron chi connectivity index (χ4n) is 2.62. The number of nitrogens with zero attached hydrogens (tertiary/aromatic N) is 2. The second kappa shape index (κ2) is 9.33. The van der Waals surface area contributed by atoms with Crippen LogP contribution in [-0.4, -0.2) is 29.5 Å². The Morgan fingerprint density at radius 1 is 1.11 bits per heavy atom. The largest absolute Gasteiger partial charge is 0.497 e. The zero-order valence-corrected chi connectivity index (χ0v) is 15.2. The Morgan fingerprint density at radius 3 is 2.85 bits per heavy atom. The zero-order valence-electron chi connectivity index (χ0n) is 15.2. The zero-order chi connectivity index (χ0) is 18.9. The SMILES string of the molecule is COc1cccc(CCNc2cncc(C(=O)NCc3ccccn3)c2)c1. The van der Waals surface area contributed by atoms with Crippen molar-refractivity contribution in [2.24, 2.45) is 0 Å². The van der Waals surface area contributed by atoms with Crippen LogP contribution in [0.4, 0.5) is 5.69 Å². The number of hydrogen-bond donors (Lipinski definition) is 2. The van der Waals surface area contributed by atoms with Crippen molar-refractivity contribution in [3.63, 3.8) is 0 Å². The first-order valence-electron chi connectivity index (χ1n) is 8.74. The van der Waals surface area contributed by atoms with Gasteiger partial charge in [0.15, 0.2) is 0 Å². The van der Waals surface area contributed by atoms with Gasteiger partial charge in [0.1, 0.15) is 5.75 Å². The summed E-state index contributed by atoms with van der Waals surface area (Å²) in [6.07, 6.45) is 5.81. The van der Waals surface area contributed by atoms with E-state index < -0.39 is 0 Å². The highest BCUT2D eigenvalue weighted by atomic mass is 16.5. The third-order valence-electron chi connectivity index (χ3n) is 4.03. The molecule has 0 radical (unpaired) electrons. The van der Waals surface area contributed by atoms with Crippen LogP contribution in [0.5, 0.6) is 5.75 Å². The summed E-state index contributed by atoms with van der Waals surface area (Å²) in [7, 11) is 1.66. The van der Waals surface area contributed by atoms with Crippen LogP contribution in [0.3, 0.4) is 0 Å². The minimum atomic E-state index is -0.176. The Hall–Kier alpha value is -3.41. The lowest BCUT2D eigenvalue weighted by Gasteiger charge is -2.09. The van der Waals surface area contributed by atoms with Gasteiger partial charge in [-0.15, -0.1) is 0 Å². The minimum absolute atomic E-state index is 0.176. The Kier molecular flexibility index (Phi) is 6.35. The highest BCUT2D eigenvalue weighted by Crippen LogP contribution is 2.14. The lowest BCUT2D eigenvalue weighted by molar-refractivity contribution is 0.0950. The molecule has 0 bridgehead atoms. The minimum Gasteiger partial charge on any atom is -0.497 e. The summed E-state index contributed by atoms with van der Waals surface area (Å²) in [6.45, 7) is 1.11. The van der Waals surface area contributed by atoms with Gasteiger partial charge in [0.25, 0.3) is 5.91 Å². The Balaban J connectivity index is 1.52. The van der Waals surface area contributed by atoms with E-state index in [1.807, 2.05) is 36.4 Å². The van der Waals surface area contributed by atoms with Crippen LogP contribution in [0.25, 0.3) is 0 Å². The van der Waals surface area contributed by atoms with Crippen LogP contribution in [0.2, 0.25) is 0 Å². The van der Waals surface area contributed by atoms with Crippen molar-refractivity contribution in [1.82, 2.24) is 15.3 Å². The molecule has 1 amide bonds. The molecule has 6 nitrogen and oxygen atoms in total. The number of aromatic nitrogens is 2. The molecule has 2 heterocycles. The van der Waals surface area contributed by atoms with Gasteiger partial charge in [-0.25, -0.2) is 0 Å². The number of benzene rings is 1. The predicted octanol–water partition coefficient (Wildman–Crippen LogP) is 3.07. The first-order valence-corrected chi connectivity index (χ1v) is 8.74. The number of rotatable bonds is 8. The summed E-state index contributed by atoms with van der Waals surface area (Å²) in [5, 5.41) is 6.16. The van der Waals surface area contributed by atoms with Crippen molar-refractivity contribution >= 4 is 11.6 Å². The van der Waals surface area contributed by atoms with E-state index in [9.17, 15) is 4.79 Å². The average Bonchev–Trinajstić information content (AvgIpc) is 2.73. The van der Waals surface area contributed by atoms with Crippen LogP contribution in [0.1, 0.15) is 21.6 Å². The molecule has 0 saturated heterocycles. The van der Waals surface area contributed by atoms with Crippen LogP contribution in [0.15, 0.2) is 67.1 Å². The highest BCUT2D eigenvalue weighted by Gasteiger charge is 2.07. The number of anilines is 1. The predicted molar refractivity (Wildman–Crippen MR) is 105 cm³/mol. The number of nitrogens with one attached hydrogen (secondary N) is 2. The molecular weight excluding hydrogens is 340 g/mol. The molecule has 0 aliphatic heterocycles. The molecule has 1 aromatic carbocycles. The van der Waals surface area contributed by atoms with Crippen LogP contribution in [0, 0.1) is 0 Å². The maximum absolute atomic E-state index is 12.3. The molecule has 27 heavy (non-hydrogen) atoms. The van der Waals surface area contributed by atoms with Gasteiger partial charge in [-0.1, -0.05) is 18.2 Å². The molecule has 0 aliphatic rings. The van der Waals surface area contributed by atoms with E-state index in [2.05, 4.69) is 26.7 Å². The Labute approximate surface area is 158 Å². The van der Waals surface area contributed by atoms with E-state index in [1.165, 1.54) is 5.56 Å². The lowest BCUT2D eigenvalue weighted by atomic mass is 10.1. The molecular formula is C21H22N4O2. The van der Waals surface area contributed by atoms with Crippen molar-refractivity contribution < 1.29 is 9.53 Å². The molecule has 3 rings (SSSR count). The Bertz CT molecular complexity index is 884. The smallest absolute Gasteiger partial charge is 0.253 e. The summed E-state index contributed by atoms with van der Waals surface area (Å²) in [5.74, 6) is 0.672. The van der Waals surface area contributed by atoms with Gasteiger partial charge in [-0.3, -0.25) is 14.8 Å². The van der Waals surface area contributed by atoms with E-state index in [1.54, 1.807) is 31.8 Å². The van der Waals surface area contributed by atoms with E-state index in [0.717, 1.165) is 30.1 Å². The van der Waals surface area contributed by atoms with E-state index in [0.29, 0.717) is 12.1 Å². The van der Waals surface area contributed by atoms with Crippen LogP contribution in [-0.2, 0) is 13.0 Å². The number of methoxy groups -OCH3 is 1. The van der Waals surface area contributed by atoms with E-state index in [-0.39, 0.29) is 5.91 Å². The first-order chi connectivity index (χ1) is 13.2. The maximum atomic E-state index is 12.3. The van der Waals surface area contributed by atoms with Gasteiger partial charge in [0.2, 0.25) is 0 Å². The first kappa shape index (κ1) is 18.4. The number of hydrogen-bond acceptors (Lipinski definition) is 5. The van der Waals surface area contributed by atoms with Gasteiger partial charge in [-0.2, -0.15) is 0 Å². The molecule has 0 atom stereocenters. The molecule has 2 aromatic heterocycles. The highest BCUT2D eigenvalue weighted by molar-refractivity contribution is 5.94. The van der Waals surface area contributed by atoms with Crippen molar-refractivity contribution in [3.05, 3.63) is 83.9 Å². The van der Waals surface area contributed by atoms with Gasteiger partial charge in [0.05, 0.1) is 30.6 Å². The maximum Gasteiger partial charge on any atom is 0.253 e. The summed E-state index contributed by atoms with van der Waals surface area (Å²) >= 11 is 0. The van der Waals surface area contributed by atoms with E-state index >= 15 is 0 Å². The Morgan fingerprint density at radius 2 is 2.04 bits per heavy atom. The van der Waals surface area contributed by atoms with Crippen LogP contribution >= 0.6 is 0 Å². The van der Waals surface area contributed by atoms with Crippen molar-refractivity contribution in [1.29, 1.82) is 0 Å². The topological polar surface area (TPSA) is 76.1 Å². The number of carbonyl (C=O) groups is 1. The van der Waals surface area contributed by atoms with Gasteiger partial charge in [0, 0.05) is 25.1 Å². The molecule has 2 N–H and O–H groups in total. The summed E-state index contributed by atoms with van der Waals surface area (Å²) < 4.78 is 5.24. The average molecular weight is 362 g/mol. The fraction of sp³-hybridized carbons (Fsp3) is 0.190. The summed E-state index contributed by atoms with van der Waals surface area (Å²) in [5.41, 5.74) is 3.31. The van der Waals surface area contributed by atoms with Gasteiger partial charge < -0.3 is 15.4 Å². The molecule has 0 saturated carbocycles. The molecule has 6 heteroatoms. The molecule has 0 aliphatic carbocycles. The second-order valence-corrected chi connectivity index (χ2v) is 5.99.